The highest BCUT2D eigenvalue weighted by atomic mass is 31.2. The van der Waals surface area contributed by atoms with E-state index in [2.05, 4.69) is 122 Å². The van der Waals surface area contributed by atoms with Crippen molar-refractivity contribution in [3.63, 3.8) is 0 Å². The molecule has 2 heteroatoms. The second-order valence-corrected chi connectivity index (χ2v) is 11.3. The quantitative estimate of drug-likeness (QED) is 0.224. The lowest BCUT2D eigenvalue weighted by atomic mass is 10.2. The number of hydrogen-bond donors (Lipinski definition) is 0. The highest BCUT2D eigenvalue weighted by Gasteiger charge is 2.45. The first-order chi connectivity index (χ1) is 15.3. The second kappa shape index (κ2) is 10.4. The van der Waals surface area contributed by atoms with Gasteiger partial charge in [-0.05, 0) is 48.9 Å². The predicted molar refractivity (Wildman–Crippen MR) is 136 cm³/mol. The third-order valence-electron chi connectivity index (χ3n) is 5.73. The number of unbranched alkanes of at least 4 members (excludes halogenated alkanes) is 1. The molecule has 0 aromatic heterocycles. The third-order valence-corrected chi connectivity index (χ3v) is 10.1. The summed E-state index contributed by atoms with van der Waals surface area (Å²) in [6, 6.07) is 41.7. The van der Waals surface area contributed by atoms with Crippen molar-refractivity contribution in [1.29, 1.82) is 0 Å². The molecule has 4 rings (SSSR count). The Bertz CT molecular complexity index is 965. The summed E-state index contributed by atoms with van der Waals surface area (Å²) in [5.74, 6) is 1.02. The normalized spacial score (nSPS) is 11.3. The van der Waals surface area contributed by atoms with Crippen molar-refractivity contribution in [2.75, 3.05) is 6.61 Å². The Labute approximate surface area is 187 Å². The van der Waals surface area contributed by atoms with E-state index in [0.29, 0.717) is 0 Å². The van der Waals surface area contributed by atoms with Gasteiger partial charge in [0.25, 0.3) is 0 Å². The Hall–Kier alpha value is -2.89. The van der Waals surface area contributed by atoms with Crippen molar-refractivity contribution in [2.24, 2.45) is 0 Å². The first kappa shape index (κ1) is 21.3. The standard InChI is InChI=1S/C29H30OP/c1-2-3-23-30-29-22-14-13-15-25(29)24-31(26-16-7-4-8-17-26,27-18-9-5-10-19-27)28-20-11-6-12-21-28/h4-22H,2-3,23-24H2,1H3/q+1. The molecule has 0 bridgehead atoms. The van der Waals surface area contributed by atoms with Crippen LogP contribution in [0.3, 0.4) is 0 Å². The molecule has 0 saturated carbocycles. The molecule has 4 aromatic carbocycles. The summed E-state index contributed by atoms with van der Waals surface area (Å²) in [6.07, 6.45) is 3.15. The Morgan fingerprint density at radius 2 is 1.03 bits per heavy atom. The number of benzene rings is 4. The molecule has 0 unspecified atom stereocenters. The second-order valence-electron chi connectivity index (χ2n) is 7.78. The zero-order chi connectivity index (χ0) is 21.4. The summed E-state index contributed by atoms with van der Waals surface area (Å²) < 4.78 is 6.25. The van der Waals surface area contributed by atoms with Gasteiger partial charge in [0, 0.05) is 5.56 Å². The zero-order valence-electron chi connectivity index (χ0n) is 18.2. The minimum Gasteiger partial charge on any atom is -0.493 e. The number of ether oxygens (including phenoxy) is 1. The molecule has 4 aromatic rings. The SMILES string of the molecule is CCCCOc1ccccc1C[P+](c1ccccc1)(c1ccccc1)c1ccccc1. The summed E-state index contributed by atoms with van der Waals surface area (Å²) in [6.45, 7) is 2.97. The van der Waals surface area contributed by atoms with E-state index in [1.54, 1.807) is 0 Å². The maximum Gasteiger partial charge on any atom is 0.126 e. The van der Waals surface area contributed by atoms with Crippen molar-refractivity contribution in [3.8, 4) is 5.75 Å². The summed E-state index contributed by atoms with van der Waals surface area (Å²) >= 11 is 0. The van der Waals surface area contributed by atoms with Crippen molar-refractivity contribution in [2.45, 2.75) is 25.9 Å². The van der Waals surface area contributed by atoms with E-state index in [1.807, 2.05) is 0 Å². The Kier molecular flexibility index (Phi) is 7.18. The van der Waals surface area contributed by atoms with Crippen LogP contribution in [0.25, 0.3) is 0 Å². The fourth-order valence-corrected chi connectivity index (χ4v) is 8.38. The molecule has 31 heavy (non-hydrogen) atoms. The van der Waals surface area contributed by atoms with Crippen molar-refractivity contribution in [1.82, 2.24) is 0 Å². The smallest absolute Gasteiger partial charge is 0.126 e. The predicted octanol–water partition coefficient (Wildman–Crippen LogP) is 6.36. The molecule has 0 radical (unpaired) electrons. The maximum atomic E-state index is 6.25. The van der Waals surface area contributed by atoms with Crippen LogP contribution in [0, 0.1) is 0 Å². The molecular formula is C29H30OP+. The number of para-hydroxylation sites is 1. The van der Waals surface area contributed by atoms with Crippen LogP contribution >= 0.6 is 7.26 Å². The summed E-state index contributed by atoms with van der Waals surface area (Å²) in [7, 11) is -1.92. The molecule has 156 valence electrons. The van der Waals surface area contributed by atoms with Gasteiger partial charge in [0.2, 0.25) is 0 Å². The summed E-state index contributed by atoms with van der Waals surface area (Å²) in [5.41, 5.74) is 1.28. The van der Waals surface area contributed by atoms with E-state index in [4.69, 9.17) is 4.74 Å². The maximum absolute atomic E-state index is 6.25. The van der Waals surface area contributed by atoms with Gasteiger partial charge in [-0.2, -0.15) is 0 Å². The van der Waals surface area contributed by atoms with Gasteiger partial charge < -0.3 is 4.74 Å². The van der Waals surface area contributed by atoms with Crippen molar-refractivity contribution in [3.05, 3.63) is 121 Å². The molecule has 0 aliphatic heterocycles. The van der Waals surface area contributed by atoms with Crippen LogP contribution in [-0.2, 0) is 6.16 Å². The molecule has 0 atom stereocenters. The molecule has 0 spiro atoms. The molecule has 0 aliphatic rings. The lowest BCUT2D eigenvalue weighted by molar-refractivity contribution is 0.307. The lowest BCUT2D eigenvalue weighted by Gasteiger charge is -2.28. The van der Waals surface area contributed by atoms with Gasteiger partial charge in [-0.15, -0.1) is 0 Å². The van der Waals surface area contributed by atoms with E-state index in [9.17, 15) is 0 Å². The molecule has 0 N–H and O–H groups in total. The number of hydrogen-bond acceptors (Lipinski definition) is 1. The molecule has 1 nitrogen and oxygen atoms in total. The van der Waals surface area contributed by atoms with Crippen molar-refractivity contribution >= 4 is 23.2 Å². The highest BCUT2D eigenvalue weighted by molar-refractivity contribution is 7.95. The van der Waals surface area contributed by atoms with Gasteiger partial charge in [0.1, 0.15) is 35.1 Å². The van der Waals surface area contributed by atoms with Gasteiger partial charge >= 0.3 is 0 Å². The Balaban J connectivity index is 1.90. The molecular weight excluding hydrogens is 395 g/mol. The van der Waals surface area contributed by atoms with Gasteiger partial charge in [-0.25, -0.2) is 0 Å². The lowest BCUT2D eigenvalue weighted by Crippen LogP contribution is -2.32. The van der Waals surface area contributed by atoms with Crippen LogP contribution in [0.1, 0.15) is 25.3 Å². The number of rotatable bonds is 9. The largest absolute Gasteiger partial charge is 0.493 e. The molecule has 0 heterocycles. The summed E-state index contributed by atoms with van der Waals surface area (Å²) in [4.78, 5) is 0. The molecule has 0 amide bonds. The van der Waals surface area contributed by atoms with Crippen LogP contribution in [-0.4, -0.2) is 6.61 Å². The third kappa shape index (κ3) is 4.73. The molecule has 0 aliphatic carbocycles. The van der Waals surface area contributed by atoms with Gasteiger partial charge in [-0.3, -0.25) is 0 Å². The topological polar surface area (TPSA) is 9.23 Å². The fourth-order valence-electron chi connectivity index (χ4n) is 4.13. The van der Waals surface area contributed by atoms with Crippen LogP contribution in [0.2, 0.25) is 0 Å². The Morgan fingerprint density at radius 3 is 1.52 bits per heavy atom. The zero-order valence-corrected chi connectivity index (χ0v) is 19.0. The van der Waals surface area contributed by atoms with Crippen LogP contribution in [0.4, 0.5) is 0 Å². The van der Waals surface area contributed by atoms with Crippen LogP contribution in [0.5, 0.6) is 5.75 Å². The first-order valence-electron chi connectivity index (χ1n) is 11.1. The monoisotopic (exact) mass is 425 g/mol. The fraction of sp³-hybridized carbons (Fsp3) is 0.172. The van der Waals surface area contributed by atoms with E-state index in [1.165, 1.54) is 21.5 Å². The van der Waals surface area contributed by atoms with Crippen LogP contribution < -0.4 is 20.7 Å². The van der Waals surface area contributed by atoms with Crippen LogP contribution in [0.15, 0.2) is 115 Å². The molecule has 0 saturated heterocycles. The molecule has 0 fully saturated rings. The first-order valence-corrected chi connectivity index (χ1v) is 13.1. The highest BCUT2D eigenvalue weighted by Crippen LogP contribution is 2.58. The van der Waals surface area contributed by atoms with E-state index < -0.39 is 7.26 Å². The van der Waals surface area contributed by atoms with Crippen molar-refractivity contribution < 1.29 is 4.74 Å². The van der Waals surface area contributed by atoms with Gasteiger partial charge in [-0.1, -0.05) is 86.1 Å². The minimum atomic E-state index is -1.92. The van der Waals surface area contributed by atoms with E-state index >= 15 is 0 Å². The average molecular weight is 426 g/mol. The van der Waals surface area contributed by atoms with E-state index in [0.717, 1.165) is 31.4 Å². The minimum absolute atomic E-state index is 0.765. The van der Waals surface area contributed by atoms with Gasteiger partial charge in [0.15, 0.2) is 0 Å². The summed E-state index contributed by atoms with van der Waals surface area (Å²) in [5, 5.41) is 4.20. The van der Waals surface area contributed by atoms with E-state index in [-0.39, 0.29) is 0 Å². The van der Waals surface area contributed by atoms with Gasteiger partial charge in [0.05, 0.1) is 6.61 Å². The Morgan fingerprint density at radius 1 is 0.581 bits per heavy atom. The average Bonchev–Trinajstić information content (AvgIpc) is 2.85.